The summed E-state index contributed by atoms with van der Waals surface area (Å²) in [6.45, 7) is 0.943. The van der Waals surface area contributed by atoms with Crippen LogP contribution in [0.3, 0.4) is 0 Å². The summed E-state index contributed by atoms with van der Waals surface area (Å²) in [6, 6.07) is 7.77. The first kappa shape index (κ1) is 11.9. The van der Waals surface area contributed by atoms with E-state index in [2.05, 4.69) is 15.5 Å². The molecular weight excluding hydrogens is 250 g/mol. The summed E-state index contributed by atoms with van der Waals surface area (Å²) in [7, 11) is 0. The van der Waals surface area contributed by atoms with Crippen LogP contribution in [0.5, 0.6) is 0 Å². The molecule has 20 heavy (non-hydrogen) atoms. The van der Waals surface area contributed by atoms with Crippen LogP contribution in [0, 0.1) is 17.8 Å². The zero-order valence-electron chi connectivity index (χ0n) is 11.4. The summed E-state index contributed by atoms with van der Waals surface area (Å²) in [5.74, 6) is 3.42. The SMILES string of the molecule is Nc1cccc(-c2nnnn2CC2CC3CCC2C3)c1. The molecule has 0 saturated heterocycles. The van der Waals surface area contributed by atoms with Gasteiger partial charge in [-0.1, -0.05) is 18.6 Å². The van der Waals surface area contributed by atoms with Crippen molar-refractivity contribution in [3.05, 3.63) is 24.3 Å². The second kappa shape index (κ2) is 4.58. The molecule has 3 atom stereocenters. The lowest BCUT2D eigenvalue weighted by Gasteiger charge is -2.21. The molecule has 2 bridgehead atoms. The Bertz CT molecular complexity index is 620. The number of aromatic nitrogens is 4. The second-order valence-electron chi connectivity index (χ2n) is 6.25. The Morgan fingerprint density at radius 2 is 2.20 bits per heavy atom. The number of nitrogens with two attached hydrogens (primary N) is 1. The molecule has 3 unspecified atom stereocenters. The van der Waals surface area contributed by atoms with Crippen molar-refractivity contribution in [2.75, 3.05) is 5.73 Å². The maximum Gasteiger partial charge on any atom is 0.182 e. The lowest BCUT2D eigenvalue weighted by atomic mass is 9.89. The zero-order chi connectivity index (χ0) is 13.5. The van der Waals surface area contributed by atoms with Crippen LogP contribution in [0.4, 0.5) is 5.69 Å². The fourth-order valence-corrected chi connectivity index (χ4v) is 4.03. The van der Waals surface area contributed by atoms with Gasteiger partial charge in [-0.3, -0.25) is 0 Å². The molecule has 5 nitrogen and oxygen atoms in total. The van der Waals surface area contributed by atoms with E-state index in [9.17, 15) is 0 Å². The molecule has 0 amide bonds. The Labute approximate surface area is 118 Å². The first-order valence-electron chi connectivity index (χ1n) is 7.41. The smallest absolute Gasteiger partial charge is 0.182 e. The van der Waals surface area contributed by atoms with Crippen molar-refractivity contribution in [3.63, 3.8) is 0 Å². The highest BCUT2D eigenvalue weighted by atomic mass is 15.5. The van der Waals surface area contributed by atoms with Gasteiger partial charge in [0.2, 0.25) is 0 Å². The van der Waals surface area contributed by atoms with Crippen molar-refractivity contribution >= 4 is 5.69 Å². The number of hydrogen-bond acceptors (Lipinski definition) is 4. The first-order chi connectivity index (χ1) is 9.79. The number of tetrazole rings is 1. The average Bonchev–Trinajstić information content (AvgIpc) is 3.14. The number of rotatable bonds is 3. The maximum atomic E-state index is 5.85. The number of fused-ring (bicyclic) bond motifs is 2. The van der Waals surface area contributed by atoms with Crippen LogP contribution < -0.4 is 5.73 Å². The monoisotopic (exact) mass is 269 g/mol. The van der Waals surface area contributed by atoms with Gasteiger partial charge in [0.05, 0.1) is 0 Å². The summed E-state index contributed by atoms with van der Waals surface area (Å²) in [4.78, 5) is 0. The van der Waals surface area contributed by atoms with Gasteiger partial charge in [0.25, 0.3) is 0 Å². The van der Waals surface area contributed by atoms with Crippen molar-refractivity contribution in [2.24, 2.45) is 17.8 Å². The number of hydrogen-bond donors (Lipinski definition) is 1. The third kappa shape index (κ3) is 1.97. The van der Waals surface area contributed by atoms with Gasteiger partial charge in [-0.2, -0.15) is 0 Å². The molecule has 1 aromatic carbocycles. The van der Waals surface area contributed by atoms with Crippen LogP contribution in [-0.2, 0) is 6.54 Å². The van der Waals surface area contributed by atoms with Crippen molar-refractivity contribution in [1.82, 2.24) is 20.2 Å². The van der Waals surface area contributed by atoms with Gasteiger partial charge < -0.3 is 5.73 Å². The van der Waals surface area contributed by atoms with Crippen LogP contribution in [-0.4, -0.2) is 20.2 Å². The van der Waals surface area contributed by atoms with E-state index in [-0.39, 0.29) is 0 Å². The predicted molar refractivity (Wildman–Crippen MR) is 76.6 cm³/mol. The standard InChI is InChI=1S/C15H19N5/c16-14-3-1-2-12(8-14)15-17-18-19-20(15)9-13-7-10-4-5-11(13)6-10/h1-3,8,10-11,13H,4-7,9,16H2. The minimum atomic E-state index is 0.747. The fraction of sp³-hybridized carbons (Fsp3) is 0.533. The average molecular weight is 269 g/mol. The molecule has 1 aromatic heterocycles. The van der Waals surface area contributed by atoms with Crippen LogP contribution >= 0.6 is 0 Å². The van der Waals surface area contributed by atoms with Crippen LogP contribution in [0.15, 0.2) is 24.3 Å². The second-order valence-corrected chi connectivity index (χ2v) is 6.25. The van der Waals surface area contributed by atoms with Gasteiger partial charge in [0.15, 0.2) is 5.82 Å². The van der Waals surface area contributed by atoms with Gasteiger partial charge in [0, 0.05) is 17.8 Å². The van der Waals surface area contributed by atoms with Crippen molar-refractivity contribution < 1.29 is 0 Å². The quantitative estimate of drug-likeness (QED) is 0.868. The zero-order valence-corrected chi connectivity index (χ0v) is 11.4. The molecule has 0 aliphatic heterocycles. The number of benzene rings is 1. The minimum absolute atomic E-state index is 0.747. The molecule has 104 valence electrons. The molecule has 2 aliphatic rings. The number of anilines is 1. The first-order valence-corrected chi connectivity index (χ1v) is 7.41. The highest BCUT2D eigenvalue weighted by molar-refractivity contribution is 5.60. The van der Waals surface area contributed by atoms with E-state index in [4.69, 9.17) is 5.73 Å². The molecule has 2 aliphatic carbocycles. The van der Waals surface area contributed by atoms with E-state index in [1.165, 1.54) is 25.7 Å². The lowest BCUT2D eigenvalue weighted by molar-refractivity contribution is 0.284. The lowest BCUT2D eigenvalue weighted by Crippen LogP contribution is -2.18. The molecule has 5 heteroatoms. The third-order valence-corrected chi connectivity index (χ3v) is 4.97. The highest BCUT2D eigenvalue weighted by Crippen LogP contribution is 2.48. The summed E-state index contributed by atoms with van der Waals surface area (Å²) >= 11 is 0. The molecule has 2 N–H and O–H groups in total. The number of nitrogens with zero attached hydrogens (tertiary/aromatic N) is 4. The van der Waals surface area contributed by atoms with Gasteiger partial charge in [-0.25, -0.2) is 4.68 Å². The number of nitrogen functional groups attached to an aromatic ring is 1. The Hall–Kier alpha value is -1.91. The fourth-order valence-electron chi connectivity index (χ4n) is 4.03. The van der Waals surface area contributed by atoms with E-state index in [0.717, 1.165) is 41.4 Å². The van der Waals surface area contributed by atoms with E-state index >= 15 is 0 Å². The van der Waals surface area contributed by atoms with Crippen LogP contribution in [0.2, 0.25) is 0 Å². The summed E-state index contributed by atoms with van der Waals surface area (Å²) in [5.41, 5.74) is 7.60. The van der Waals surface area contributed by atoms with E-state index in [1.54, 1.807) is 0 Å². The van der Waals surface area contributed by atoms with Gasteiger partial charge >= 0.3 is 0 Å². The predicted octanol–water partition coefficient (Wildman–Crippen LogP) is 2.36. The summed E-state index contributed by atoms with van der Waals surface area (Å²) in [6.07, 6.45) is 5.59. The van der Waals surface area contributed by atoms with Crippen LogP contribution in [0.1, 0.15) is 25.7 Å². The normalized spacial score (nSPS) is 28.1. The summed E-state index contributed by atoms with van der Waals surface area (Å²) in [5, 5.41) is 12.2. The van der Waals surface area contributed by atoms with Crippen molar-refractivity contribution in [3.8, 4) is 11.4 Å². The molecule has 2 fully saturated rings. The molecule has 2 saturated carbocycles. The Morgan fingerprint density at radius 1 is 1.25 bits per heavy atom. The molecule has 0 spiro atoms. The van der Waals surface area contributed by atoms with E-state index in [0.29, 0.717) is 0 Å². The minimum Gasteiger partial charge on any atom is -0.399 e. The van der Waals surface area contributed by atoms with Crippen molar-refractivity contribution in [1.29, 1.82) is 0 Å². The maximum absolute atomic E-state index is 5.85. The van der Waals surface area contributed by atoms with E-state index in [1.807, 2.05) is 28.9 Å². The molecule has 1 heterocycles. The van der Waals surface area contributed by atoms with Gasteiger partial charge in [-0.05, 0) is 59.6 Å². The molecule has 0 radical (unpaired) electrons. The van der Waals surface area contributed by atoms with Gasteiger partial charge in [0.1, 0.15) is 0 Å². The van der Waals surface area contributed by atoms with E-state index < -0.39 is 0 Å². The highest BCUT2D eigenvalue weighted by Gasteiger charge is 2.39. The molecular formula is C15H19N5. The third-order valence-electron chi connectivity index (χ3n) is 4.97. The largest absolute Gasteiger partial charge is 0.399 e. The molecule has 4 rings (SSSR count). The Balaban J connectivity index is 1.59. The topological polar surface area (TPSA) is 69.6 Å². The van der Waals surface area contributed by atoms with Crippen molar-refractivity contribution in [2.45, 2.75) is 32.2 Å². The summed E-state index contributed by atoms with van der Waals surface area (Å²) < 4.78 is 1.96. The Morgan fingerprint density at radius 3 is 2.95 bits per heavy atom. The Kier molecular flexibility index (Phi) is 2.72. The molecule has 2 aromatic rings. The van der Waals surface area contributed by atoms with Gasteiger partial charge in [-0.15, -0.1) is 5.10 Å². The van der Waals surface area contributed by atoms with Crippen LogP contribution in [0.25, 0.3) is 11.4 Å².